The number of urea groups is 1. The van der Waals surface area contributed by atoms with E-state index < -0.39 is 18.1 Å². The molecule has 1 aliphatic heterocycles. The van der Waals surface area contributed by atoms with Crippen molar-refractivity contribution in [3.63, 3.8) is 0 Å². The standard InChI is InChI=1S/C29H36N6O5/c1-18-15-35(20(3)17-36)28(38)22-12-9-13-23(31-27(37)24-14-19(2)32-34(24)5)26(22)40-25(18)16-33(4)29(39)30-21-10-7-6-8-11-21/h6-14,18,20,25,36H,15-17H2,1-5H3,(H,30,39)(H,31,37)/t18-,20+,25-/m1/s1. The van der Waals surface area contributed by atoms with Crippen molar-refractivity contribution in [2.45, 2.75) is 32.9 Å². The molecule has 2 aromatic carbocycles. The first-order chi connectivity index (χ1) is 19.1. The highest BCUT2D eigenvalue weighted by atomic mass is 16.5. The molecule has 212 valence electrons. The Bertz CT molecular complexity index is 1370. The molecule has 11 heteroatoms. The zero-order valence-electron chi connectivity index (χ0n) is 23.4. The fourth-order valence-electron chi connectivity index (χ4n) is 4.66. The number of amides is 4. The number of aliphatic hydroxyl groups excluding tert-OH is 1. The van der Waals surface area contributed by atoms with Crippen LogP contribution < -0.4 is 15.4 Å². The molecule has 1 aromatic heterocycles. The predicted octanol–water partition coefficient (Wildman–Crippen LogP) is 3.36. The molecule has 4 rings (SSSR count). The molecule has 0 saturated carbocycles. The molecule has 1 aliphatic rings. The van der Waals surface area contributed by atoms with Gasteiger partial charge in [0, 0.05) is 32.2 Å². The number of hydrogen-bond donors (Lipinski definition) is 3. The minimum Gasteiger partial charge on any atom is -0.485 e. The van der Waals surface area contributed by atoms with Crippen LogP contribution in [0.15, 0.2) is 54.6 Å². The Kier molecular flexibility index (Phi) is 8.73. The van der Waals surface area contributed by atoms with Gasteiger partial charge in [0.25, 0.3) is 11.8 Å². The average molecular weight is 549 g/mol. The van der Waals surface area contributed by atoms with E-state index in [1.165, 1.54) is 9.58 Å². The number of nitrogens with zero attached hydrogens (tertiary/aromatic N) is 4. The third kappa shape index (κ3) is 6.26. The van der Waals surface area contributed by atoms with Crippen LogP contribution in [0.5, 0.6) is 5.75 Å². The van der Waals surface area contributed by atoms with E-state index in [1.54, 1.807) is 69.2 Å². The monoisotopic (exact) mass is 548 g/mol. The maximum atomic E-state index is 13.7. The lowest BCUT2D eigenvalue weighted by atomic mass is 9.99. The zero-order chi connectivity index (χ0) is 29.0. The van der Waals surface area contributed by atoms with Gasteiger partial charge in [-0.25, -0.2) is 4.79 Å². The minimum atomic E-state index is -0.538. The second kappa shape index (κ2) is 12.2. The van der Waals surface area contributed by atoms with Crippen molar-refractivity contribution in [3.8, 4) is 5.75 Å². The summed E-state index contributed by atoms with van der Waals surface area (Å²) in [5.41, 5.74) is 2.29. The maximum Gasteiger partial charge on any atom is 0.321 e. The highest BCUT2D eigenvalue weighted by Gasteiger charge is 2.35. The van der Waals surface area contributed by atoms with Gasteiger partial charge in [0.2, 0.25) is 0 Å². The van der Waals surface area contributed by atoms with E-state index in [4.69, 9.17) is 4.74 Å². The van der Waals surface area contributed by atoms with Crippen molar-refractivity contribution in [1.82, 2.24) is 19.6 Å². The average Bonchev–Trinajstić information content (AvgIpc) is 3.28. The van der Waals surface area contributed by atoms with Gasteiger partial charge in [-0.1, -0.05) is 31.2 Å². The number of nitrogens with one attached hydrogen (secondary N) is 2. The van der Waals surface area contributed by atoms with Gasteiger partial charge >= 0.3 is 6.03 Å². The molecule has 11 nitrogen and oxygen atoms in total. The minimum absolute atomic E-state index is 0.206. The van der Waals surface area contributed by atoms with Crippen LogP contribution in [0.4, 0.5) is 16.2 Å². The van der Waals surface area contributed by atoms with Crippen LogP contribution in [-0.4, -0.2) is 81.4 Å². The molecule has 0 aliphatic carbocycles. The van der Waals surface area contributed by atoms with Gasteiger partial charge in [0.05, 0.1) is 36.1 Å². The highest BCUT2D eigenvalue weighted by molar-refractivity contribution is 6.06. The number of ether oxygens (including phenoxy) is 1. The molecule has 0 saturated heterocycles. The fourth-order valence-corrected chi connectivity index (χ4v) is 4.66. The summed E-state index contributed by atoms with van der Waals surface area (Å²) < 4.78 is 7.97. The Labute approximate surface area is 233 Å². The van der Waals surface area contributed by atoms with Crippen molar-refractivity contribution >= 4 is 29.2 Å². The molecule has 0 radical (unpaired) electrons. The first-order valence-corrected chi connectivity index (χ1v) is 13.2. The molecule has 4 amide bonds. The summed E-state index contributed by atoms with van der Waals surface area (Å²) >= 11 is 0. The van der Waals surface area contributed by atoms with Crippen LogP contribution in [0.2, 0.25) is 0 Å². The number of aliphatic hydroxyl groups is 1. The topological polar surface area (TPSA) is 129 Å². The molecule has 3 aromatic rings. The largest absolute Gasteiger partial charge is 0.485 e. The Morgan fingerprint density at radius 2 is 1.90 bits per heavy atom. The first kappa shape index (κ1) is 28.6. The predicted molar refractivity (Wildman–Crippen MR) is 152 cm³/mol. The Balaban J connectivity index is 1.67. The summed E-state index contributed by atoms with van der Waals surface area (Å²) in [5, 5.41) is 19.9. The summed E-state index contributed by atoms with van der Waals surface area (Å²) in [4.78, 5) is 42.9. The summed E-state index contributed by atoms with van der Waals surface area (Å²) in [6.07, 6.45) is -0.538. The van der Waals surface area contributed by atoms with E-state index >= 15 is 0 Å². The molecule has 0 bridgehead atoms. The molecule has 0 spiro atoms. The van der Waals surface area contributed by atoms with Gasteiger partial charge in [-0.05, 0) is 44.2 Å². The maximum absolute atomic E-state index is 13.7. The summed E-state index contributed by atoms with van der Waals surface area (Å²) in [6, 6.07) is 15.0. The van der Waals surface area contributed by atoms with E-state index in [0.29, 0.717) is 29.3 Å². The summed E-state index contributed by atoms with van der Waals surface area (Å²) in [5.74, 6) is -0.728. The number of para-hydroxylation sites is 2. The van der Waals surface area contributed by atoms with E-state index in [2.05, 4.69) is 15.7 Å². The van der Waals surface area contributed by atoms with Gasteiger partial charge in [-0.2, -0.15) is 5.10 Å². The van der Waals surface area contributed by atoms with Crippen molar-refractivity contribution in [1.29, 1.82) is 0 Å². The molecule has 3 atom stereocenters. The summed E-state index contributed by atoms with van der Waals surface area (Å²) in [6.45, 7) is 5.81. The van der Waals surface area contributed by atoms with Crippen molar-refractivity contribution in [3.05, 3.63) is 71.5 Å². The lowest BCUT2D eigenvalue weighted by Gasteiger charge is -2.38. The van der Waals surface area contributed by atoms with Gasteiger partial charge < -0.3 is 30.3 Å². The van der Waals surface area contributed by atoms with Gasteiger partial charge in [-0.15, -0.1) is 0 Å². The Morgan fingerprint density at radius 1 is 1.18 bits per heavy atom. The lowest BCUT2D eigenvalue weighted by Crippen LogP contribution is -2.50. The quantitative estimate of drug-likeness (QED) is 0.415. The SMILES string of the molecule is Cc1cc(C(=O)Nc2cccc3c2O[C@H](CN(C)C(=O)Nc2ccccc2)[C@H](C)CN([C@@H](C)CO)C3=O)n(C)n1. The summed E-state index contributed by atoms with van der Waals surface area (Å²) in [7, 11) is 3.35. The lowest BCUT2D eigenvalue weighted by molar-refractivity contribution is 0.0372. The highest BCUT2D eigenvalue weighted by Crippen LogP contribution is 2.35. The van der Waals surface area contributed by atoms with Crippen LogP contribution in [-0.2, 0) is 7.05 Å². The Hall–Kier alpha value is -4.38. The molecule has 40 heavy (non-hydrogen) atoms. The Morgan fingerprint density at radius 3 is 2.55 bits per heavy atom. The van der Waals surface area contributed by atoms with Crippen LogP contribution in [0, 0.1) is 12.8 Å². The van der Waals surface area contributed by atoms with E-state index in [9.17, 15) is 19.5 Å². The number of hydrogen-bond acceptors (Lipinski definition) is 6. The molecular weight excluding hydrogens is 512 g/mol. The van der Waals surface area contributed by atoms with E-state index in [0.717, 1.165) is 0 Å². The number of benzene rings is 2. The fraction of sp³-hybridized carbons (Fsp3) is 0.379. The zero-order valence-corrected chi connectivity index (χ0v) is 23.4. The van der Waals surface area contributed by atoms with E-state index in [-0.39, 0.29) is 42.3 Å². The number of carbonyl (C=O) groups excluding carboxylic acids is 3. The normalized spacial score (nSPS) is 17.6. The van der Waals surface area contributed by atoms with E-state index in [1.807, 2.05) is 25.1 Å². The molecule has 0 unspecified atom stereocenters. The number of fused-ring (bicyclic) bond motifs is 1. The first-order valence-electron chi connectivity index (χ1n) is 13.2. The number of likely N-dealkylation sites (N-methyl/N-ethyl adjacent to an activating group) is 1. The second-order valence-corrected chi connectivity index (χ2v) is 10.2. The number of aryl methyl sites for hydroxylation is 2. The van der Waals surface area contributed by atoms with Crippen LogP contribution in [0.3, 0.4) is 0 Å². The van der Waals surface area contributed by atoms with Gasteiger partial charge in [0.15, 0.2) is 5.75 Å². The number of rotatable bonds is 7. The number of carbonyl (C=O) groups is 3. The molecular formula is C29H36N6O5. The van der Waals surface area contributed by atoms with Crippen molar-refractivity contribution in [2.24, 2.45) is 13.0 Å². The van der Waals surface area contributed by atoms with Gasteiger partial charge in [-0.3, -0.25) is 14.3 Å². The number of anilines is 2. The third-order valence-electron chi connectivity index (χ3n) is 7.00. The van der Waals surface area contributed by atoms with Crippen molar-refractivity contribution in [2.75, 3.05) is 37.4 Å². The van der Waals surface area contributed by atoms with Crippen LogP contribution in [0.1, 0.15) is 40.4 Å². The number of aromatic nitrogens is 2. The van der Waals surface area contributed by atoms with Gasteiger partial charge in [0.1, 0.15) is 11.8 Å². The second-order valence-electron chi connectivity index (χ2n) is 10.2. The smallest absolute Gasteiger partial charge is 0.321 e. The van der Waals surface area contributed by atoms with Crippen LogP contribution in [0.25, 0.3) is 0 Å². The molecule has 0 fully saturated rings. The van der Waals surface area contributed by atoms with Crippen LogP contribution >= 0.6 is 0 Å². The van der Waals surface area contributed by atoms with Crippen molar-refractivity contribution < 1.29 is 24.2 Å². The third-order valence-corrected chi connectivity index (χ3v) is 7.00. The molecule has 3 N–H and O–H groups in total. The molecule has 2 heterocycles.